The quantitative estimate of drug-likeness (QED) is 0.0306. The van der Waals surface area contributed by atoms with Gasteiger partial charge in [0.15, 0.2) is 62.9 Å². The summed E-state index contributed by atoms with van der Waals surface area (Å²) in [6.45, 7) is -5.34. The lowest BCUT2D eigenvalue weighted by molar-refractivity contribution is -0.401. The van der Waals surface area contributed by atoms with Crippen molar-refractivity contribution in [3.05, 3.63) is 0 Å². The molecule has 0 bridgehead atoms. The van der Waals surface area contributed by atoms with Gasteiger partial charge in [-0.3, -0.25) is 19.2 Å². The number of hydrogen-bond donors (Lipinski definition) is 31. The van der Waals surface area contributed by atoms with Crippen LogP contribution in [-0.2, 0) is 109 Å². The smallest absolute Gasteiger partial charge is 0.217 e. The summed E-state index contributed by atoms with van der Waals surface area (Å²) in [6, 6.07) is -7.99. The molecule has 10 rings (SSSR count). The van der Waals surface area contributed by atoms with Crippen molar-refractivity contribution in [2.24, 2.45) is 0 Å². The topological polar surface area (TPSA) is 838 Å². The first-order chi connectivity index (χ1) is 57.7. The molecule has 50 atom stereocenters. The van der Waals surface area contributed by atoms with Crippen molar-refractivity contribution in [2.75, 3.05) is 59.5 Å². The SMILES string of the molecule is CC(=O)N[C@H]1[C@@H](O[C@H]2[C@@H](O)[C@@H](CO)O[C@@H](O[C@H]3[C@H](O)[C@@H](CO)O[C@@H](O[C@H]4[C@@H](O)[C@@H](CO[C@@H]5O[C@H](CO)[C@@H](O)[C@H](O[C@@H]6O[C@H](CO)[C@H](O)[C@H](O)[C@H]6O)[C@H]5NC(C)=O)O[C@@H](O[C@H]5[C@H](O)[C@@H](CO)O[C@@H](O[C@H]6[C@@H](O)[C@@H](CO)O[C@@H](O[C@H]7[C@H](O)[C@@H](O)[C@H](O)O[C@@H]7CO)[C@@H]6O)[C@@H]5NC(C)=O)[C@@H]4O)[C@@H]3NC(C)=O)[C@@H]2O[C@@H]2O[C@@H](C)[C@@H](O)[C@@H](O)[C@@H]2O)O[C@H](CO)[C@H](O)[C@@H]1O. The number of carbonyl (C=O) groups excluding carboxylic acids is 4. The Bertz CT molecular complexity index is 3290. The molecular weight excluding hydrogens is 1670 g/mol. The number of nitrogens with one attached hydrogen (secondary N) is 4. The summed E-state index contributed by atoms with van der Waals surface area (Å²) in [6.07, 6.45) is -97.5. The summed E-state index contributed by atoms with van der Waals surface area (Å²) in [4.78, 5) is 53.0. The highest BCUT2D eigenvalue weighted by molar-refractivity contribution is 5.74. The van der Waals surface area contributed by atoms with Gasteiger partial charge in [0.1, 0.15) is 238 Å². The van der Waals surface area contributed by atoms with Crippen LogP contribution in [0.4, 0.5) is 0 Å². The van der Waals surface area contributed by atoms with E-state index >= 15 is 0 Å². The summed E-state index contributed by atoms with van der Waals surface area (Å²) in [5, 5.41) is 311. The minimum atomic E-state index is -2.66. The fourth-order valence-corrected chi connectivity index (χ4v) is 15.9. The Kier molecular flexibility index (Phi) is 35.8. The predicted molar refractivity (Wildman–Crippen MR) is 375 cm³/mol. The molecule has 10 aliphatic heterocycles. The molecule has 0 aliphatic carbocycles. The van der Waals surface area contributed by atoms with Crippen molar-refractivity contribution in [2.45, 2.75) is 341 Å². The molecule has 4 amide bonds. The lowest BCUT2D eigenvalue weighted by Crippen LogP contribution is -2.72. The first kappa shape index (κ1) is 100. The number of amides is 4. The highest BCUT2D eigenvalue weighted by atomic mass is 16.8. The minimum Gasteiger partial charge on any atom is -0.394 e. The van der Waals surface area contributed by atoms with Crippen LogP contribution < -0.4 is 21.3 Å². The van der Waals surface area contributed by atoms with Gasteiger partial charge in [0.25, 0.3) is 0 Å². The molecule has 0 aromatic rings. The highest BCUT2D eigenvalue weighted by Gasteiger charge is 2.62. The van der Waals surface area contributed by atoms with Gasteiger partial charge in [0.2, 0.25) is 23.6 Å². The van der Waals surface area contributed by atoms with Gasteiger partial charge >= 0.3 is 0 Å². The summed E-state index contributed by atoms with van der Waals surface area (Å²) in [7, 11) is 0. The van der Waals surface area contributed by atoms with Crippen molar-refractivity contribution < 1.29 is 247 Å². The van der Waals surface area contributed by atoms with Crippen molar-refractivity contribution in [1.29, 1.82) is 0 Å². The van der Waals surface area contributed by atoms with Crippen LogP contribution in [0.2, 0.25) is 0 Å². The molecule has 10 aliphatic rings. The van der Waals surface area contributed by atoms with E-state index in [1.54, 1.807) is 0 Å². The third-order valence-electron chi connectivity index (χ3n) is 22.4. The van der Waals surface area contributed by atoms with Gasteiger partial charge in [-0.05, 0) is 6.92 Å². The minimum absolute atomic E-state index is 0.871. The molecule has 0 spiro atoms. The molecule has 706 valence electrons. The number of aliphatic hydroxyl groups is 27. The maximum Gasteiger partial charge on any atom is 0.217 e. The lowest BCUT2D eigenvalue weighted by atomic mass is 9.93. The maximum absolute atomic E-state index is 13.7. The molecule has 10 heterocycles. The third kappa shape index (κ3) is 21.9. The number of ether oxygens (including phenoxy) is 19. The van der Waals surface area contributed by atoms with Crippen molar-refractivity contribution in [3.63, 3.8) is 0 Å². The Balaban J connectivity index is 1.04. The average molecular weight is 1790 g/mol. The van der Waals surface area contributed by atoms with Gasteiger partial charge in [0.05, 0.1) is 65.6 Å². The number of rotatable bonds is 31. The lowest BCUT2D eigenvalue weighted by Gasteiger charge is -2.52. The van der Waals surface area contributed by atoms with Crippen LogP contribution in [0.25, 0.3) is 0 Å². The molecule has 122 heavy (non-hydrogen) atoms. The fraction of sp³-hybridized carbons (Fsp3) is 0.941. The van der Waals surface area contributed by atoms with Gasteiger partial charge in [-0.1, -0.05) is 0 Å². The van der Waals surface area contributed by atoms with Crippen LogP contribution in [0.3, 0.4) is 0 Å². The van der Waals surface area contributed by atoms with Gasteiger partial charge in [-0.15, -0.1) is 0 Å². The second kappa shape index (κ2) is 43.6. The van der Waals surface area contributed by atoms with E-state index < -0.39 is 390 Å². The van der Waals surface area contributed by atoms with E-state index in [-0.39, 0.29) is 0 Å². The Morgan fingerprint density at radius 2 is 0.508 bits per heavy atom. The zero-order valence-corrected chi connectivity index (χ0v) is 65.7. The van der Waals surface area contributed by atoms with E-state index in [4.69, 9.17) is 90.0 Å². The van der Waals surface area contributed by atoms with Gasteiger partial charge in [-0.25, -0.2) is 0 Å². The molecular formula is C68H114N4O50. The molecule has 31 N–H and O–H groups in total. The maximum atomic E-state index is 13.7. The molecule has 54 nitrogen and oxygen atoms in total. The molecule has 10 fully saturated rings. The van der Waals surface area contributed by atoms with Crippen LogP contribution in [0, 0.1) is 0 Å². The van der Waals surface area contributed by atoms with Gasteiger partial charge in [0, 0.05) is 27.7 Å². The van der Waals surface area contributed by atoms with Crippen molar-refractivity contribution >= 4 is 23.6 Å². The normalized spacial score (nSPS) is 49.7. The second-order valence-corrected chi connectivity index (χ2v) is 31.0. The van der Waals surface area contributed by atoms with Crippen LogP contribution in [0.5, 0.6) is 0 Å². The van der Waals surface area contributed by atoms with E-state index in [0.29, 0.717) is 0 Å². The van der Waals surface area contributed by atoms with Crippen LogP contribution >= 0.6 is 0 Å². The van der Waals surface area contributed by atoms with Crippen LogP contribution in [0.15, 0.2) is 0 Å². The Labute approximate surface area is 691 Å². The first-order valence-electron chi connectivity index (χ1n) is 39.0. The monoisotopic (exact) mass is 1790 g/mol. The molecule has 0 radical (unpaired) electrons. The van der Waals surface area contributed by atoms with E-state index in [1.807, 2.05) is 0 Å². The number of hydrogen-bond acceptors (Lipinski definition) is 50. The molecule has 0 aromatic carbocycles. The highest BCUT2D eigenvalue weighted by Crippen LogP contribution is 2.41. The predicted octanol–water partition coefficient (Wildman–Crippen LogP) is -21.2. The zero-order valence-electron chi connectivity index (χ0n) is 65.7. The van der Waals surface area contributed by atoms with E-state index in [0.717, 1.165) is 27.7 Å². The standard InChI is InChI=1S/C68H114N4O50/c1-15-33(85)43(95)47(99)64(105-15)122-58-57(121-61-29(69-16(2)81)42(94)34(86)20(6-73)108-61)40(92)26(12-79)113-68(58)118-54-32(72-19(5)84)63(110-24(10-77)38(54)90)120-56-41(93)28(14-104-60-30(70-17(3)82)52(36(88)22(8-75)107-60)116-65-48(100)44(96)35(87)21(7-74)111-65)114-67(50(56)102)117-53-31(71-18(4)83)62(109-23(9-76)37(53)89)119-55-39(91)25(11-78)112-66(49(55)101)115-51-27(13-80)106-59(103)46(98)45(51)97/h15,20-68,73-80,85-103H,6-14H2,1-5H3,(H,69,81)(H,70,82)(H,71,83)(H,72,84)/t15-,20+,21+,22+,23+,24+,25+,26+,27+,28+,29+,30+,31+,32+,33+,34-,35-,36+,37+,38+,39-,40-,41-,42+,43+,44-,45+,46+,47-,48+,49+,50+,51+,52+,53+,54+,55-,56-,57-,58+,59+,60+,61+,62-,63-,64-,65-,66-,67-,68-/m0/s1. The van der Waals surface area contributed by atoms with Crippen molar-refractivity contribution in [1.82, 2.24) is 21.3 Å². The molecule has 10 saturated heterocycles. The molecule has 0 aromatic heterocycles. The summed E-state index contributed by atoms with van der Waals surface area (Å²) in [5.41, 5.74) is 0. The first-order valence-corrected chi connectivity index (χ1v) is 39.0. The Morgan fingerprint density at radius 1 is 0.230 bits per heavy atom. The van der Waals surface area contributed by atoms with E-state index in [1.165, 1.54) is 6.92 Å². The number of carbonyl (C=O) groups is 4. The number of aliphatic hydroxyl groups excluding tert-OH is 27. The molecule has 54 heteroatoms. The Morgan fingerprint density at radius 3 is 0.934 bits per heavy atom. The summed E-state index contributed by atoms with van der Waals surface area (Å²) >= 11 is 0. The van der Waals surface area contributed by atoms with Crippen molar-refractivity contribution in [3.8, 4) is 0 Å². The zero-order chi connectivity index (χ0) is 89.8. The molecule has 0 unspecified atom stereocenters. The van der Waals surface area contributed by atoms with E-state index in [2.05, 4.69) is 21.3 Å². The van der Waals surface area contributed by atoms with Crippen LogP contribution in [0.1, 0.15) is 34.6 Å². The van der Waals surface area contributed by atoms with Gasteiger partial charge < -0.3 is 249 Å². The van der Waals surface area contributed by atoms with Crippen LogP contribution in [-0.4, -0.2) is 528 Å². The van der Waals surface area contributed by atoms with E-state index in [9.17, 15) is 157 Å². The molecule has 0 saturated carbocycles. The summed E-state index contributed by atoms with van der Waals surface area (Å²) in [5.74, 6) is -3.97. The third-order valence-corrected chi connectivity index (χ3v) is 22.4. The van der Waals surface area contributed by atoms with Gasteiger partial charge in [-0.2, -0.15) is 0 Å². The average Bonchev–Trinajstić information content (AvgIpc) is 0.760. The fourth-order valence-electron chi connectivity index (χ4n) is 15.9. The second-order valence-electron chi connectivity index (χ2n) is 31.0. The largest absolute Gasteiger partial charge is 0.394 e. The Hall–Kier alpha value is -3.96. The summed E-state index contributed by atoms with van der Waals surface area (Å²) < 4.78 is 114.